The van der Waals surface area contributed by atoms with Crippen molar-refractivity contribution in [1.82, 2.24) is 4.57 Å². The Kier molecular flexibility index (Phi) is 5.13. The Balaban J connectivity index is 1.25. The molecule has 1 nitrogen and oxygen atoms in total. The van der Waals surface area contributed by atoms with E-state index in [2.05, 4.69) is 135 Å². The van der Waals surface area contributed by atoms with E-state index in [1.54, 1.807) is 0 Å². The summed E-state index contributed by atoms with van der Waals surface area (Å²) in [4.78, 5) is 0. The summed E-state index contributed by atoms with van der Waals surface area (Å²) in [6.07, 6.45) is 2.07. The zero-order chi connectivity index (χ0) is 26.0. The standard InChI is InChI=1S/C37H33N/c1-24-10-16-33-29(20-24)30-22-26(14-17-34(30)37(33,3)4)12-13-27-15-19-36-32(23-27)31-21-25(2)11-18-35(31)38(36)28-8-6-5-7-9-28/h5-11,14-23H,12-13H2,1-4H3. The van der Waals surface area contributed by atoms with Crippen LogP contribution in [0.4, 0.5) is 0 Å². The van der Waals surface area contributed by atoms with Crippen LogP contribution in [0.2, 0.25) is 0 Å². The molecule has 0 atom stereocenters. The number of hydrogen-bond donors (Lipinski definition) is 0. The van der Waals surface area contributed by atoms with Gasteiger partial charge in [0.15, 0.2) is 0 Å². The van der Waals surface area contributed by atoms with Crippen LogP contribution in [0.1, 0.15) is 47.2 Å². The van der Waals surface area contributed by atoms with Gasteiger partial charge in [0.25, 0.3) is 0 Å². The maximum absolute atomic E-state index is 2.45. The topological polar surface area (TPSA) is 4.93 Å². The van der Waals surface area contributed by atoms with Crippen LogP contribution in [-0.2, 0) is 18.3 Å². The van der Waals surface area contributed by atoms with Gasteiger partial charge in [-0.1, -0.05) is 91.7 Å². The first-order chi connectivity index (χ1) is 18.4. The van der Waals surface area contributed by atoms with E-state index in [0.717, 1.165) is 12.8 Å². The van der Waals surface area contributed by atoms with E-state index >= 15 is 0 Å². The van der Waals surface area contributed by atoms with Crippen LogP contribution in [0, 0.1) is 13.8 Å². The second-order valence-corrected chi connectivity index (χ2v) is 11.6. The Hall–Kier alpha value is -4.10. The molecule has 1 heteroatoms. The van der Waals surface area contributed by atoms with E-state index in [4.69, 9.17) is 0 Å². The van der Waals surface area contributed by atoms with Crippen molar-refractivity contribution >= 4 is 21.8 Å². The molecule has 0 aliphatic heterocycles. The smallest absolute Gasteiger partial charge is 0.0541 e. The normalized spacial score (nSPS) is 13.7. The summed E-state index contributed by atoms with van der Waals surface area (Å²) in [7, 11) is 0. The average molecular weight is 492 g/mol. The van der Waals surface area contributed by atoms with E-state index in [1.165, 1.54) is 72.0 Å². The SMILES string of the molecule is Cc1ccc2c(c1)-c1cc(CCc3ccc4c(c3)c3cc(C)ccc3n4-c3ccccc3)ccc1C2(C)C. The fourth-order valence-corrected chi connectivity index (χ4v) is 6.57. The molecule has 0 unspecified atom stereocenters. The van der Waals surface area contributed by atoms with Crippen molar-refractivity contribution < 1.29 is 0 Å². The molecule has 5 aromatic carbocycles. The molecule has 7 rings (SSSR count). The van der Waals surface area contributed by atoms with E-state index in [0.29, 0.717) is 0 Å². The van der Waals surface area contributed by atoms with E-state index in [1.807, 2.05) is 0 Å². The summed E-state index contributed by atoms with van der Waals surface area (Å²) in [6, 6.07) is 38.7. The van der Waals surface area contributed by atoms with Gasteiger partial charge < -0.3 is 4.57 Å². The van der Waals surface area contributed by atoms with Crippen molar-refractivity contribution in [1.29, 1.82) is 0 Å². The summed E-state index contributed by atoms with van der Waals surface area (Å²) in [6.45, 7) is 9.09. The van der Waals surface area contributed by atoms with Crippen molar-refractivity contribution in [2.75, 3.05) is 0 Å². The van der Waals surface area contributed by atoms with Gasteiger partial charge in [-0.15, -0.1) is 0 Å². The van der Waals surface area contributed by atoms with Crippen LogP contribution < -0.4 is 0 Å². The Labute approximate surface area is 225 Å². The van der Waals surface area contributed by atoms with Crippen LogP contribution in [0.25, 0.3) is 38.6 Å². The number of aromatic nitrogens is 1. The molecule has 0 N–H and O–H groups in total. The summed E-state index contributed by atoms with van der Waals surface area (Å²) in [5, 5.41) is 2.67. The minimum Gasteiger partial charge on any atom is -0.309 e. The molecule has 38 heavy (non-hydrogen) atoms. The molecule has 0 spiro atoms. The Morgan fingerprint density at radius 2 is 1.11 bits per heavy atom. The number of nitrogens with zero attached hydrogens (tertiary/aromatic N) is 1. The van der Waals surface area contributed by atoms with E-state index in [9.17, 15) is 0 Å². The second kappa shape index (κ2) is 8.46. The molecule has 1 aliphatic carbocycles. The summed E-state index contributed by atoms with van der Waals surface area (Å²) in [5.41, 5.74) is 15.0. The highest BCUT2D eigenvalue weighted by Gasteiger charge is 2.35. The third-order valence-corrected chi connectivity index (χ3v) is 8.60. The van der Waals surface area contributed by atoms with E-state index in [-0.39, 0.29) is 5.41 Å². The summed E-state index contributed by atoms with van der Waals surface area (Å²) >= 11 is 0. The van der Waals surface area contributed by atoms with Gasteiger partial charge in [-0.3, -0.25) is 0 Å². The minimum absolute atomic E-state index is 0.0625. The molecule has 0 radical (unpaired) electrons. The first-order valence-corrected chi connectivity index (χ1v) is 13.7. The zero-order valence-corrected chi connectivity index (χ0v) is 22.7. The van der Waals surface area contributed by atoms with Crippen LogP contribution in [0.15, 0.2) is 103 Å². The van der Waals surface area contributed by atoms with Gasteiger partial charge in [0.2, 0.25) is 0 Å². The molecular weight excluding hydrogens is 458 g/mol. The average Bonchev–Trinajstić information content (AvgIpc) is 3.35. The van der Waals surface area contributed by atoms with Crippen molar-refractivity contribution in [3.8, 4) is 16.8 Å². The largest absolute Gasteiger partial charge is 0.309 e. The molecular formula is C37H33N. The van der Waals surface area contributed by atoms with Gasteiger partial charge in [0.1, 0.15) is 0 Å². The number of rotatable bonds is 4. The lowest BCUT2D eigenvalue weighted by atomic mass is 9.82. The van der Waals surface area contributed by atoms with Gasteiger partial charge in [-0.05, 0) is 96.5 Å². The number of benzene rings is 5. The molecule has 0 bridgehead atoms. The fourth-order valence-electron chi connectivity index (χ4n) is 6.57. The second-order valence-electron chi connectivity index (χ2n) is 11.6. The predicted molar refractivity (Wildman–Crippen MR) is 162 cm³/mol. The van der Waals surface area contributed by atoms with Crippen LogP contribution >= 0.6 is 0 Å². The highest BCUT2D eigenvalue weighted by atomic mass is 15.0. The van der Waals surface area contributed by atoms with Crippen molar-refractivity contribution in [2.45, 2.75) is 46.0 Å². The third-order valence-electron chi connectivity index (χ3n) is 8.60. The zero-order valence-electron chi connectivity index (χ0n) is 22.7. The maximum Gasteiger partial charge on any atom is 0.0541 e. The molecule has 0 saturated carbocycles. The Bertz CT molecular complexity index is 1850. The van der Waals surface area contributed by atoms with Crippen LogP contribution in [-0.4, -0.2) is 4.57 Å². The monoisotopic (exact) mass is 491 g/mol. The first-order valence-electron chi connectivity index (χ1n) is 13.7. The van der Waals surface area contributed by atoms with Crippen molar-refractivity contribution in [3.63, 3.8) is 0 Å². The molecule has 1 heterocycles. The summed E-state index contributed by atoms with van der Waals surface area (Å²) in [5.74, 6) is 0. The first kappa shape index (κ1) is 23.0. The fraction of sp³-hybridized carbons (Fsp3) is 0.189. The molecule has 0 amide bonds. The number of para-hydroxylation sites is 1. The Morgan fingerprint density at radius 1 is 0.553 bits per heavy atom. The van der Waals surface area contributed by atoms with Gasteiger partial charge in [0, 0.05) is 21.9 Å². The number of aryl methyl sites for hydroxylation is 4. The maximum atomic E-state index is 2.45. The third kappa shape index (κ3) is 3.53. The predicted octanol–water partition coefficient (Wildman–Crippen LogP) is 9.49. The molecule has 6 aromatic rings. The van der Waals surface area contributed by atoms with Gasteiger partial charge >= 0.3 is 0 Å². The molecule has 1 aliphatic rings. The quantitative estimate of drug-likeness (QED) is 0.231. The molecule has 0 saturated heterocycles. The van der Waals surface area contributed by atoms with Gasteiger partial charge in [-0.25, -0.2) is 0 Å². The Morgan fingerprint density at radius 3 is 1.87 bits per heavy atom. The van der Waals surface area contributed by atoms with Crippen molar-refractivity contribution in [3.05, 3.63) is 137 Å². The number of hydrogen-bond acceptors (Lipinski definition) is 0. The highest BCUT2D eigenvalue weighted by Crippen LogP contribution is 2.49. The van der Waals surface area contributed by atoms with Gasteiger partial charge in [-0.2, -0.15) is 0 Å². The lowest BCUT2D eigenvalue weighted by Crippen LogP contribution is -2.14. The lowest BCUT2D eigenvalue weighted by Gasteiger charge is -2.21. The van der Waals surface area contributed by atoms with Crippen LogP contribution in [0.5, 0.6) is 0 Å². The van der Waals surface area contributed by atoms with Crippen LogP contribution in [0.3, 0.4) is 0 Å². The molecule has 186 valence electrons. The molecule has 0 fully saturated rings. The number of fused-ring (bicyclic) bond motifs is 6. The van der Waals surface area contributed by atoms with Crippen molar-refractivity contribution in [2.24, 2.45) is 0 Å². The minimum atomic E-state index is 0.0625. The lowest BCUT2D eigenvalue weighted by molar-refractivity contribution is 0.660. The van der Waals surface area contributed by atoms with E-state index < -0.39 is 0 Å². The summed E-state index contributed by atoms with van der Waals surface area (Å²) < 4.78 is 2.40. The van der Waals surface area contributed by atoms with Gasteiger partial charge in [0.05, 0.1) is 11.0 Å². The highest BCUT2D eigenvalue weighted by molar-refractivity contribution is 6.09. The molecule has 1 aromatic heterocycles.